The minimum Gasteiger partial charge on any atom is -0.485 e. The molecule has 6 aliphatic rings. The van der Waals surface area contributed by atoms with Crippen LogP contribution in [0.4, 0.5) is 4.79 Å². The number of ether oxygens (including phenoxy) is 7. The Hall–Kier alpha value is -1.95. The molecule has 1 aromatic carbocycles. The van der Waals surface area contributed by atoms with Gasteiger partial charge in [0.2, 0.25) is 0 Å². The third-order valence-electron chi connectivity index (χ3n) is 13.3. The lowest BCUT2D eigenvalue weighted by Gasteiger charge is -2.71. The SMILES string of the molecule is CCOCCOCCOCCOCCOC(=O)Oc1ccc(C)c2c1O[C@H]1[C@H]3CC[C@@]4(CC3C(C)(O)C(C)(C)C)C(C)N(CC3CC3)CCC214. The zero-order valence-electron chi connectivity index (χ0n) is 31.7. The van der Waals surface area contributed by atoms with Crippen LogP contribution in [0.3, 0.4) is 0 Å². The van der Waals surface area contributed by atoms with E-state index in [1.54, 1.807) is 0 Å². The van der Waals surface area contributed by atoms with E-state index in [2.05, 4.69) is 52.5 Å². The minimum atomic E-state index is -0.863. The van der Waals surface area contributed by atoms with E-state index in [0.717, 1.165) is 44.7 Å². The first kappa shape index (κ1) is 37.8. The molecule has 4 aliphatic carbocycles. The standard InChI is InChI=1S/C40H63NO9/c1-8-44-17-18-45-19-20-46-21-22-47-23-24-48-36(42)49-32-12-9-27(2)33-34(32)50-35-30-13-14-39(25-31(30)38(7,43)37(4,5)6)28(3)41(26-29-10-11-29)16-15-40(33,35)39/h9,12,28-31,35,43H,8,10-11,13-26H2,1-7H3/t28?,30-,31?,35-,38?,39+,40?/m0/s1. The molecule has 4 saturated carbocycles. The van der Waals surface area contributed by atoms with E-state index in [9.17, 15) is 9.90 Å². The molecule has 1 N–H and O–H groups in total. The van der Waals surface area contributed by atoms with Gasteiger partial charge in [-0.3, -0.25) is 4.90 Å². The van der Waals surface area contributed by atoms with E-state index >= 15 is 0 Å². The molecule has 1 aromatic rings. The molecule has 7 atom stereocenters. The van der Waals surface area contributed by atoms with E-state index in [1.807, 2.05) is 13.0 Å². The number of fused-ring (bicyclic) bond motifs is 3. The summed E-state index contributed by atoms with van der Waals surface area (Å²) in [7, 11) is 0. The molecule has 2 heterocycles. The molecule has 10 heteroatoms. The van der Waals surface area contributed by atoms with Crippen molar-refractivity contribution in [2.24, 2.45) is 28.6 Å². The zero-order valence-corrected chi connectivity index (χ0v) is 31.7. The van der Waals surface area contributed by atoms with Crippen LogP contribution in [0.15, 0.2) is 12.1 Å². The first-order valence-electron chi connectivity index (χ1n) is 19.3. The van der Waals surface area contributed by atoms with Gasteiger partial charge in [0.15, 0.2) is 11.5 Å². The van der Waals surface area contributed by atoms with Gasteiger partial charge in [0.1, 0.15) is 12.7 Å². The van der Waals surface area contributed by atoms with Gasteiger partial charge in [-0.25, -0.2) is 4.79 Å². The minimum absolute atomic E-state index is 0.0632. The van der Waals surface area contributed by atoms with Crippen molar-refractivity contribution < 1.29 is 43.1 Å². The smallest absolute Gasteiger partial charge is 0.485 e. The molecule has 50 heavy (non-hydrogen) atoms. The van der Waals surface area contributed by atoms with Gasteiger partial charge in [-0.15, -0.1) is 0 Å². The van der Waals surface area contributed by atoms with Crippen LogP contribution >= 0.6 is 0 Å². The van der Waals surface area contributed by atoms with Crippen molar-refractivity contribution in [3.05, 3.63) is 23.3 Å². The number of carbonyl (C=O) groups excluding carboxylic acids is 1. The normalized spacial score (nSPS) is 31.4. The highest BCUT2D eigenvalue weighted by atomic mass is 16.7. The predicted molar refractivity (Wildman–Crippen MR) is 190 cm³/mol. The summed E-state index contributed by atoms with van der Waals surface area (Å²) in [5.74, 6) is 2.23. The first-order valence-corrected chi connectivity index (χ1v) is 19.3. The van der Waals surface area contributed by atoms with Crippen molar-refractivity contribution in [3.8, 4) is 11.5 Å². The molecular weight excluding hydrogens is 638 g/mol. The number of aliphatic hydroxyl groups is 1. The second-order valence-corrected chi connectivity index (χ2v) is 16.8. The lowest BCUT2D eigenvalue weighted by molar-refractivity contribution is -0.237. The molecule has 282 valence electrons. The summed E-state index contributed by atoms with van der Waals surface area (Å²) in [6.45, 7) is 21.3. The molecule has 0 amide bonds. The molecule has 2 spiro atoms. The van der Waals surface area contributed by atoms with Crippen molar-refractivity contribution in [1.82, 2.24) is 4.90 Å². The van der Waals surface area contributed by atoms with Crippen LogP contribution in [-0.2, 0) is 29.1 Å². The number of benzene rings is 1. The van der Waals surface area contributed by atoms with Crippen LogP contribution in [0.1, 0.15) is 91.2 Å². The first-order chi connectivity index (χ1) is 23.9. The molecular formula is C40H63NO9. The maximum Gasteiger partial charge on any atom is 0.514 e. The number of likely N-dealkylation sites (tertiary alicyclic amines) is 1. The monoisotopic (exact) mass is 701 g/mol. The summed E-state index contributed by atoms with van der Waals surface area (Å²) in [5.41, 5.74) is 0.991. The number of hydrogen-bond donors (Lipinski definition) is 1. The van der Waals surface area contributed by atoms with Crippen molar-refractivity contribution in [3.63, 3.8) is 0 Å². The van der Waals surface area contributed by atoms with Crippen LogP contribution in [0.25, 0.3) is 0 Å². The highest BCUT2D eigenvalue weighted by molar-refractivity contribution is 5.68. The Morgan fingerprint density at radius 2 is 1.58 bits per heavy atom. The Labute approximate surface area is 299 Å². The van der Waals surface area contributed by atoms with E-state index in [0.29, 0.717) is 63.8 Å². The summed E-state index contributed by atoms with van der Waals surface area (Å²) in [6, 6.07) is 4.28. The van der Waals surface area contributed by atoms with Crippen molar-refractivity contribution in [2.75, 3.05) is 72.6 Å². The van der Waals surface area contributed by atoms with Gasteiger partial charge < -0.3 is 38.3 Å². The summed E-state index contributed by atoms with van der Waals surface area (Å²) in [6.07, 6.45) is 5.96. The number of rotatable bonds is 17. The summed E-state index contributed by atoms with van der Waals surface area (Å²) in [5, 5.41) is 12.3. The maximum absolute atomic E-state index is 13.0. The van der Waals surface area contributed by atoms with Gasteiger partial charge in [-0.2, -0.15) is 0 Å². The van der Waals surface area contributed by atoms with Crippen molar-refractivity contribution >= 4 is 6.16 Å². The predicted octanol–water partition coefficient (Wildman–Crippen LogP) is 6.31. The van der Waals surface area contributed by atoms with Crippen molar-refractivity contribution in [1.29, 1.82) is 0 Å². The maximum atomic E-state index is 13.0. The third kappa shape index (κ3) is 6.94. The Bertz CT molecular complexity index is 1320. The van der Waals surface area contributed by atoms with Gasteiger partial charge in [-0.1, -0.05) is 26.8 Å². The number of aryl methyl sites for hydroxylation is 1. The second kappa shape index (κ2) is 15.2. The quantitative estimate of drug-likeness (QED) is 0.113. The van der Waals surface area contributed by atoms with Gasteiger partial charge in [0, 0.05) is 36.1 Å². The van der Waals surface area contributed by atoms with Gasteiger partial charge >= 0.3 is 6.16 Å². The average molecular weight is 702 g/mol. The number of carbonyl (C=O) groups is 1. The molecule has 1 saturated heterocycles. The van der Waals surface area contributed by atoms with E-state index in [-0.39, 0.29) is 47.4 Å². The fourth-order valence-corrected chi connectivity index (χ4v) is 10.1. The zero-order chi connectivity index (χ0) is 35.7. The Morgan fingerprint density at radius 3 is 2.20 bits per heavy atom. The number of hydrogen-bond acceptors (Lipinski definition) is 10. The van der Waals surface area contributed by atoms with Gasteiger partial charge in [-0.05, 0) is 107 Å². The summed E-state index contributed by atoms with van der Waals surface area (Å²) < 4.78 is 40.2. The van der Waals surface area contributed by atoms with Crippen LogP contribution in [-0.4, -0.2) is 106 Å². The third-order valence-corrected chi connectivity index (χ3v) is 13.3. The van der Waals surface area contributed by atoms with Crippen LogP contribution in [0, 0.1) is 35.5 Å². The van der Waals surface area contributed by atoms with Gasteiger partial charge in [0.25, 0.3) is 0 Å². The molecule has 0 aromatic heterocycles. The number of nitrogens with zero attached hydrogens (tertiary/aromatic N) is 1. The second-order valence-electron chi connectivity index (χ2n) is 16.8. The van der Waals surface area contributed by atoms with Crippen LogP contribution in [0.5, 0.6) is 11.5 Å². The van der Waals surface area contributed by atoms with E-state index in [4.69, 9.17) is 33.2 Å². The summed E-state index contributed by atoms with van der Waals surface area (Å²) in [4.78, 5) is 15.7. The van der Waals surface area contributed by atoms with E-state index in [1.165, 1.54) is 24.0 Å². The highest BCUT2D eigenvalue weighted by Gasteiger charge is 2.75. The molecule has 4 unspecified atom stereocenters. The lowest BCUT2D eigenvalue weighted by atomic mass is 9.36. The van der Waals surface area contributed by atoms with E-state index < -0.39 is 11.8 Å². The van der Waals surface area contributed by atoms with Crippen LogP contribution in [0.2, 0.25) is 0 Å². The Kier molecular flexibility index (Phi) is 11.5. The summed E-state index contributed by atoms with van der Waals surface area (Å²) >= 11 is 0. The Morgan fingerprint density at radius 1 is 0.940 bits per heavy atom. The highest BCUT2D eigenvalue weighted by Crippen LogP contribution is 2.74. The molecule has 5 fully saturated rings. The molecule has 7 rings (SSSR count). The fraction of sp³-hybridized carbons (Fsp3) is 0.825. The van der Waals surface area contributed by atoms with Crippen LogP contribution < -0.4 is 9.47 Å². The van der Waals surface area contributed by atoms with Gasteiger partial charge in [0.05, 0.1) is 51.8 Å². The number of piperidine rings is 1. The topological polar surface area (TPSA) is 105 Å². The molecule has 2 bridgehead atoms. The van der Waals surface area contributed by atoms with Crippen molar-refractivity contribution in [2.45, 2.75) is 110 Å². The molecule has 2 aliphatic heterocycles. The molecule has 0 radical (unpaired) electrons. The fourth-order valence-electron chi connectivity index (χ4n) is 10.1. The lowest BCUT2D eigenvalue weighted by Crippen LogP contribution is -2.75. The largest absolute Gasteiger partial charge is 0.514 e. The Balaban J connectivity index is 1.13. The average Bonchev–Trinajstić information content (AvgIpc) is 3.82. The molecule has 10 nitrogen and oxygen atoms in total.